The Kier molecular flexibility index (Phi) is 6.23. The Morgan fingerprint density at radius 3 is 1.94 bits per heavy atom. The van der Waals surface area contributed by atoms with Crippen LogP contribution in [-0.4, -0.2) is 15.0 Å². The molecule has 2 aromatic heterocycles. The van der Waals surface area contributed by atoms with Crippen molar-refractivity contribution in [1.29, 1.82) is 0 Å². The molecule has 0 radical (unpaired) electrons. The van der Waals surface area contributed by atoms with Crippen LogP contribution < -0.4 is 0 Å². The third-order valence-corrected chi connectivity index (χ3v) is 11.7. The van der Waals surface area contributed by atoms with E-state index in [4.69, 9.17) is 19.4 Å². The van der Waals surface area contributed by atoms with Crippen LogP contribution in [0.2, 0.25) is 0 Å². The zero-order chi connectivity index (χ0) is 34.5. The van der Waals surface area contributed by atoms with E-state index in [1.54, 1.807) is 0 Å². The molecule has 10 rings (SSSR count). The lowest BCUT2D eigenvalue weighted by Gasteiger charge is -2.48. The summed E-state index contributed by atoms with van der Waals surface area (Å²) in [5.41, 5.74) is 9.43. The van der Waals surface area contributed by atoms with Crippen LogP contribution in [-0.2, 0) is 10.8 Å². The van der Waals surface area contributed by atoms with Crippen molar-refractivity contribution in [2.75, 3.05) is 0 Å². The van der Waals surface area contributed by atoms with Gasteiger partial charge in [-0.2, -0.15) is 0 Å². The molecule has 2 heterocycles. The summed E-state index contributed by atoms with van der Waals surface area (Å²) in [5, 5.41) is 7.17. The maximum absolute atomic E-state index is 6.26. The molecule has 0 aliphatic heterocycles. The van der Waals surface area contributed by atoms with E-state index in [1.807, 2.05) is 48.5 Å². The zero-order valence-corrected chi connectivity index (χ0v) is 29.0. The Bertz CT molecular complexity index is 2860. The Morgan fingerprint density at radius 1 is 0.431 bits per heavy atom. The van der Waals surface area contributed by atoms with Gasteiger partial charge in [-0.1, -0.05) is 149 Å². The summed E-state index contributed by atoms with van der Waals surface area (Å²) in [7, 11) is 0. The van der Waals surface area contributed by atoms with Crippen LogP contribution in [0.4, 0.5) is 0 Å². The van der Waals surface area contributed by atoms with Crippen LogP contribution in [0.15, 0.2) is 144 Å². The molecule has 0 N–H and O–H groups in total. The lowest BCUT2D eigenvalue weighted by atomic mass is 9.55. The van der Waals surface area contributed by atoms with Crippen molar-refractivity contribution in [3.8, 4) is 45.3 Å². The summed E-state index contributed by atoms with van der Waals surface area (Å²) < 4.78 is 6.26. The number of hydrogen-bond acceptors (Lipinski definition) is 4. The maximum Gasteiger partial charge on any atom is 0.164 e. The summed E-state index contributed by atoms with van der Waals surface area (Å²) in [6.07, 6.45) is 0. The average molecular weight is 658 g/mol. The SMILES string of the molecule is CC1(C)c2cc(-c3nc(-c4ccccc4)nc(-c4cccc5oc6ccccc6c45)n3)ccc2-c2c(ccc3c2ccc2ccccc23)C1(C)C. The summed E-state index contributed by atoms with van der Waals surface area (Å²) in [6, 6.07) is 49.2. The Balaban J connectivity index is 1.22. The summed E-state index contributed by atoms with van der Waals surface area (Å²) in [5.74, 6) is 1.91. The first kappa shape index (κ1) is 29.8. The number of hydrogen-bond donors (Lipinski definition) is 0. The Hall–Kier alpha value is -6.13. The van der Waals surface area contributed by atoms with Crippen molar-refractivity contribution >= 4 is 43.5 Å². The van der Waals surface area contributed by atoms with E-state index < -0.39 is 0 Å². The van der Waals surface area contributed by atoms with Crippen molar-refractivity contribution in [3.05, 3.63) is 151 Å². The van der Waals surface area contributed by atoms with Gasteiger partial charge in [-0.05, 0) is 72.8 Å². The van der Waals surface area contributed by atoms with Crippen LogP contribution in [0.5, 0.6) is 0 Å². The lowest BCUT2D eigenvalue weighted by molar-refractivity contribution is 0.299. The van der Waals surface area contributed by atoms with Crippen molar-refractivity contribution in [2.24, 2.45) is 0 Å². The number of rotatable bonds is 3. The zero-order valence-electron chi connectivity index (χ0n) is 29.0. The molecule has 0 unspecified atom stereocenters. The average Bonchev–Trinajstić information content (AvgIpc) is 3.56. The number of benzene rings is 7. The van der Waals surface area contributed by atoms with Gasteiger partial charge in [-0.25, -0.2) is 15.0 Å². The standard InChI is InChI=1S/C47H35N3O/c1-46(2)37-26-25-32-31-16-9-8-13-28(31)21-23-33(32)41(37)34-24-22-30(27-38(34)47(46,3)4)44-48-43(29-14-6-5-7-15-29)49-45(50-44)36-18-12-20-40-42(36)35-17-10-11-19-39(35)51-40/h5-27H,1-4H3. The smallest absolute Gasteiger partial charge is 0.164 e. The van der Waals surface area contributed by atoms with E-state index in [1.165, 1.54) is 43.8 Å². The fraction of sp³-hybridized carbons (Fsp3) is 0.128. The molecule has 0 saturated carbocycles. The Labute approximate surface area is 296 Å². The van der Waals surface area contributed by atoms with Gasteiger partial charge in [0, 0.05) is 27.5 Å². The molecular weight excluding hydrogens is 623 g/mol. The number of aromatic nitrogens is 3. The summed E-state index contributed by atoms with van der Waals surface area (Å²) >= 11 is 0. The van der Waals surface area contributed by atoms with Gasteiger partial charge < -0.3 is 4.42 Å². The van der Waals surface area contributed by atoms with E-state index >= 15 is 0 Å². The third kappa shape index (κ3) is 4.29. The first-order chi connectivity index (χ1) is 24.8. The topological polar surface area (TPSA) is 51.8 Å². The molecule has 51 heavy (non-hydrogen) atoms. The van der Waals surface area contributed by atoms with Crippen molar-refractivity contribution < 1.29 is 4.42 Å². The normalized spacial score (nSPS) is 14.6. The molecule has 4 nitrogen and oxygen atoms in total. The number of nitrogens with zero attached hydrogens (tertiary/aromatic N) is 3. The minimum Gasteiger partial charge on any atom is -0.456 e. The lowest BCUT2D eigenvalue weighted by Crippen LogP contribution is -2.43. The van der Waals surface area contributed by atoms with Gasteiger partial charge in [-0.15, -0.1) is 0 Å². The van der Waals surface area contributed by atoms with E-state index in [-0.39, 0.29) is 10.8 Å². The fourth-order valence-corrected chi connectivity index (χ4v) is 8.29. The minimum atomic E-state index is -0.185. The molecule has 0 spiro atoms. The highest BCUT2D eigenvalue weighted by molar-refractivity contribution is 6.14. The van der Waals surface area contributed by atoms with Gasteiger partial charge in [0.05, 0.1) is 0 Å². The van der Waals surface area contributed by atoms with Crippen molar-refractivity contribution in [3.63, 3.8) is 0 Å². The molecule has 244 valence electrons. The van der Waals surface area contributed by atoms with Gasteiger partial charge in [-0.3, -0.25) is 0 Å². The maximum atomic E-state index is 6.26. The van der Waals surface area contributed by atoms with Gasteiger partial charge in [0.15, 0.2) is 17.5 Å². The van der Waals surface area contributed by atoms with Crippen LogP contribution in [0.25, 0.3) is 88.8 Å². The van der Waals surface area contributed by atoms with Gasteiger partial charge >= 0.3 is 0 Å². The molecular formula is C47H35N3O. The second-order valence-corrected chi connectivity index (χ2v) is 14.8. The third-order valence-electron chi connectivity index (χ3n) is 11.7. The minimum absolute atomic E-state index is 0.148. The molecule has 7 aromatic carbocycles. The molecule has 0 fully saturated rings. The van der Waals surface area contributed by atoms with Gasteiger partial charge in [0.25, 0.3) is 0 Å². The first-order valence-corrected chi connectivity index (χ1v) is 17.6. The molecule has 0 amide bonds. The predicted octanol–water partition coefficient (Wildman–Crippen LogP) is 12.3. The summed E-state index contributed by atoms with van der Waals surface area (Å²) in [4.78, 5) is 15.5. The van der Waals surface area contributed by atoms with Gasteiger partial charge in [0.2, 0.25) is 0 Å². The molecule has 1 aliphatic carbocycles. The van der Waals surface area contributed by atoms with Crippen LogP contribution in [0.3, 0.4) is 0 Å². The molecule has 9 aromatic rings. The monoisotopic (exact) mass is 657 g/mol. The van der Waals surface area contributed by atoms with E-state index in [0.29, 0.717) is 17.5 Å². The quantitative estimate of drug-likeness (QED) is 0.177. The first-order valence-electron chi connectivity index (χ1n) is 17.6. The number of para-hydroxylation sites is 1. The van der Waals surface area contributed by atoms with E-state index in [9.17, 15) is 0 Å². The van der Waals surface area contributed by atoms with Crippen LogP contribution in [0, 0.1) is 0 Å². The van der Waals surface area contributed by atoms with E-state index in [0.717, 1.165) is 38.6 Å². The molecule has 1 aliphatic rings. The van der Waals surface area contributed by atoms with Crippen LogP contribution in [0.1, 0.15) is 38.8 Å². The number of fused-ring (bicyclic) bond motifs is 10. The predicted molar refractivity (Wildman–Crippen MR) is 210 cm³/mol. The summed E-state index contributed by atoms with van der Waals surface area (Å²) in [6.45, 7) is 9.53. The molecule has 0 bridgehead atoms. The Morgan fingerprint density at radius 2 is 1.10 bits per heavy atom. The van der Waals surface area contributed by atoms with Crippen LogP contribution >= 0.6 is 0 Å². The highest BCUT2D eigenvalue weighted by Gasteiger charge is 2.46. The molecule has 0 atom stereocenters. The van der Waals surface area contributed by atoms with E-state index in [2.05, 4.69) is 119 Å². The number of furan rings is 1. The highest BCUT2D eigenvalue weighted by Crippen LogP contribution is 2.56. The van der Waals surface area contributed by atoms with Crippen molar-refractivity contribution in [1.82, 2.24) is 15.0 Å². The highest BCUT2D eigenvalue weighted by atomic mass is 16.3. The largest absolute Gasteiger partial charge is 0.456 e. The van der Waals surface area contributed by atoms with Gasteiger partial charge in [0.1, 0.15) is 11.2 Å². The second-order valence-electron chi connectivity index (χ2n) is 14.8. The fourth-order valence-electron chi connectivity index (χ4n) is 8.29. The molecule has 4 heteroatoms. The second kappa shape index (κ2) is 10.7. The molecule has 0 saturated heterocycles. The van der Waals surface area contributed by atoms with Crippen molar-refractivity contribution in [2.45, 2.75) is 38.5 Å².